The third-order valence-electron chi connectivity index (χ3n) is 5.84. The Morgan fingerprint density at radius 2 is 1.84 bits per heavy atom. The number of ketones is 1. The Balaban J connectivity index is 1.45. The van der Waals surface area contributed by atoms with E-state index in [0.717, 1.165) is 39.6 Å². The van der Waals surface area contributed by atoms with E-state index in [4.69, 9.17) is 26.8 Å². The van der Waals surface area contributed by atoms with Gasteiger partial charge in [0.15, 0.2) is 11.9 Å². The Hall–Kier alpha value is -2.82. The molecule has 2 N–H and O–H groups in total. The number of carbonyl (C=O) groups excluding carboxylic acids is 1. The molecule has 0 amide bonds. The van der Waals surface area contributed by atoms with Crippen LogP contribution in [0.3, 0.4) is 0 Å². The molecule has 32 heavy (non-hydrogen) atoms. The highest BCUT2D eigenvalue weighted by Gasteiger charge is 2.31. The Bertz CT molecular complexity index is 1070. The van der Waals surface area contributed by atoms with Gasteiger partial charge in [-0.1, -0.05) is 60.1 Å². The monoisotopic (exact) mass is 449 g/mol. The molecule has 0 bridgehead atoms. The van der Waals surface area contributed by atoms with Crippen LogP contribution in [0.5, 0.6) is 11.5 Å². The second kappa shape index (κ2) is 10.7. The molecule has 5 heteroatoms. The molecule has 0 aromatic heterocycles. The van der Waals surface area contributed by atoms with Gasteiger partial charge in [-0.3, -0.25) is 4.79 Å². The number of rotatable bonds is 8. The molecule has 166 valence electrons. The van der Waals surface area contributed by atoms with E-state index in [2.05, 4.69) is 0 Å². The van der Waals surface area contributed by atoms with Crippen molar-refractivity contribution in [3.63, 3.8) is 0 Å². The van der Waals surface area contributed by atoms with Crippen molar-refractivity contribution in [2.75, 3.05) is 13.2 Å². The minimum absolute atomic E-state index is 0.0254. The van der Waals surface area contributed by atoms with Gasteiger partial charge in [0, 0.05) is 17.9 Å². The lowest BCUT2D eigenvalue weighted by Crippen LogP contribution is -2.28. The quantitative estimate of drug-likeness (QED) is 0.503. The number of fused-ring (bicyclic) bond motifs is 1. The lowest BCUT2D eigenvalue weighted by Gasteiger charge is -2.17. The number of ether oxygens (including phenoxy) is 2. The van der Waals surface area contributed by atoms with Crippen LogP contribution in [0.15, 0.2) is 72.8 Å². The first kappa shape index (κ1) is 22.4. The molecule has 0 aliphatic carbocycles. The maximum atomic E-state index is 13.1. The summed E-state index contributed by atoms with van der Waals surface area (Å²) in [6.07, 6.45) is 1.89. The molecule has 0 radical (unpaired) electrons. The van der Waals surface area contributed by atoms with Crippen LogP contribution in [0.2, 0.25) is 5.02 Å². The van der Waals surface area contributed by atoms with Crippen molar-refractivity contribution in [1.29, 1.82) is 0 Å². The van der Waals surface area contributed by atoms with Crippen LogP contribution < -0.4 is 15.2 Å². The van der Waals surface area contributed by atoms with Gasteiger partial charge in [0.1, 0.15) is 11.5 Å². The zero-order chi connectivity index (χ0) is 22.3. The SMILES string of the molecule is NCCc1cccc(OCCC2Oc3ccccc3C(Cc3ccccc3Cl)CC2=O)c1. The molecule has 1 aliphatic heterocycles. The first-order valence-electron chi connectivity index (χ1n) is 11.1. The lowest BCUT2D eigenvalue weighted by molar-refractivity contribution is -0.126. The van der Waals surface area contributed by atoms with E-state index in [-0.39, 0.29) is 11.7 Å². The predicted molar refractivity (Wildman–Crippen MR) is 128 cm³/mol. The number of carbonyl (C=O) groups is 1. The largest absolute Gasteiger partial charge is 0.493 e. The van der Waals surface area contributed by atoms with E-state index in [9.17, 15) is 4.79 Å². The molecule has 0 spiro atoms. The summed E-state index contributed by atoms with van der Waals surface area (Å²) in [7, 11) is 0. The summed E-state index contributed by atoms with van der Waals surface area (Å²) in [4.78, 5) is 13.1. The van der Waals surface area contributed by atoms with Gasteiger partial charge in [0.25, 0.3) is 0 Å². The van der Waals surface area contributed by atoms with Gasteiger partial charge in [0.05, 0.1) is 6.61 Å². The van der Waals surface area contributed by atoms with Crippen LogP contribution in [-0.4, -0.2) is 25.0 Å². The predicted octanol–water partition coefficient (Wildman–Crippen LogP) is 5.36. The first-order valence-corrected chi connectivity index (χ1v) is 11.5. The number of hydrogen-bond donors (Lipinski definition) is 1. The average molecular weight is 450 g/mol. The maximum absolute atomic E-state index is 13.1. The average Bonchev–Trinajstić information content (AvgIpc) is 2.92. The highest BCUT2D eigenvalue weighted by atomic mass is 35.5. The third-order valence-corrected chi connectivity index (χ3v) is 6.21. The second-order valence-electron chi connectivity index (χ2n) is 8.13. The van der Waals surface area contributed by atoms with Crippen LogP contribution in [0.4, 0.5) is 0 Å². The van der Waals surface area contributed by atoms with Crippen LogP contribution in [0.1, 0.15) is 35.4 Å². The van der Waals surface area contributed by atoms with E-state index in [1.165, 1.54) is 0 Å². The van der Waals surface area contributed by atoms with Crippen molar-refractivity contribution in [3.05, 3.63) is 94.5 Å². The molecule has 0 saturated heterocycles. The highest BCUT2D eigenvalue weighted by Crippen LogP contribution is 2.37. The lowest BCUT2D eigenvalue weighted by atomic mass is 9.87. The van der Waals surface area contributed by atoms with Crippen LogP contribution in [-0.2, 0) is 17.6 Å². The minimum Gasteiger partial charge on any atom is -0.493 e. The van der Waals surface area contributed by atoms with Gasteiger partial charge < -0.3 is 15.2 Å². The van der Waals surface area contributed by atoms with Gasteiger partial charge in [-0.25, -0.2) is 0 Å². The number of hydrogen-bond acceptors (Lipinski definition) is 4. The molecule has 1 heterocycles. The van der Waals surface area contributed by atoms with E-state index >= 15 is 0 Å². The van der Waals surface area contributed by atoms with Crippen LogP contribution in [0.25, 0.3) is 0 Å². The van der Waals surface area contributed by atoms with Gasteiger partial charge in [-0.15, -0.1) is 0 Å². The fourth-order valence-electron chi connectivity index (χ4n) is 4.20. The van der Waals surface area contributed by atoms with E-state index in [1.807, 2.05) is 72.8 Å². The summed E-state index contributed by atoms with van der Waals surface area (Å²) in [6.45, 7) is 1.00. The zero-order valence-electron chi connectivity index (χ0n) is 18.0. The molecule has 2 unspecified atom stereocenters. The molecule has 1 aliphatic rings. The molecule has 3 aromatic rings. The molecule has 3 aromatic carbocycles. The van der Waals surface area contributed by atoms with Crippen molar-refractivity contribution >= 4 is 17.4 Å². The number of nitrogens with two attached hydrogens (primary N) is 1. The number of Topliss-reactive ketones (excluding diaryl/α,β-unsaturated/α-hetero) is 1. The maximum Gasteiger partial charge on any atom is 0.174 e. The summed E-state index contributed by atoms with van der Waals surface area (Å²) in [6, 6.07) is 23.6. The summed E-state index contributed by atoms with van der Waals surface area (Å²) >= 11 is 6.39. The summed E-state index contributed by atoms with van der Waals surface area (Å²) < 4.78 is 12.1. The smallest absolute Gasteiger partial charge is 0.174 e. The van der Waals surface area contributed by atoms with Crippen molar-refractivity contribution in [2.24, 2.45) is 5.73 Å². The molecular formula is C27H28ClNO3. The molecule has 0 fully saturated rings. The summed E-state index contributed by atoms with van der Waals surface area (Å²) in [5, 5.41) is 0.726. The highest BCUT2D eigenvalue weighted by molar-refractivity contribution is 6.31. The topological polar surface area (TPSA) is 61.6 Å². The molecule has 0 saturated carbocycles. The van der Waals surface area contributed by atoms with Crippen molar-refractivity contribution < 1.29 is 14.3 Å². The Morgan fingerprint density at radius 3 is 2.69 bits per heavy atom. The molecular weight excluding hydrogens is 422 g/mol. The van der Waals surface area contributed by atoms with Crippen molar-refractivity contribution in [1.82, 2.24) is 0 Å². The second-order valence-corrected chi connectivity index (χ2v) is 8.54. The van der Waals surface area contributed by atoms with Gasteiger partial charge in [0.2, 0.25) is 0 Å². The van der Waals surface area contributed by atoms with Gasteiger partial charge in [-0.2, -0.15) is 0 Å². The number of benzene rings is 3. The van der Waals surface area contributed by atoms with Crippen LogP contribution >= 0.6 is 11.6 Å². The Labute approximate surface area is 194 Å². The molecule has 4 rings (SSSR count). The van der Waals surface area contributed by atoms with E-state index < -0.39 is 6.10 Å². The summed E-state index contributed by atoms with van der Waals surface area (Å²) in [5.41, 5.74) is 8.88. The fraction of sp³-hybridized carbons (Fsp3) is 0.296. The normalized spacial score (nSPS) is 17.9. The summed E-state index contributed by atoms with van der Waals surface area (Å²) in [5.74, 6) is 1.68. The van der Waals surface area contributed by atoms with Crippen molar-refractivity contribution in [2.45, 2.75) is 37.7 Å². The fourth-order valence-corrected chi connectivity index (χ4v) is 4.41. The Morgan fingerprint density at radius 1 is 1.03 bits per heavy atom. The van der Waals surface area contributed by atoms with Gasteiger partial charge >= 0.3 is 0 Å². The Kier molecular flexibility index (Phi) is 7.46. The van der Waals surface area contributed by atoms with Gasteiger partial charge in [-0.05, 0) is 66.3 Å². The zero-order valence-corrected chi connectivity index (χ0v) is 18.8. The number of halogens is 1. The van der Waals surface area contributed by atoms with Crippen molar-refractivity contribution in [3.8, 4) is 11.5 Å². The molecule has 2 atom stereocenters. The molecule has 4 nitrogen and oxygen atoms in total. The standard InChI is InChI=1S/C27H28ClNO3/c28-24-10-3-1-7-20(24)17-21-18-25(30)27(32-26-11-4-2-9-23(21)26)13-15-31-22-8-5-6-19(16-22)12-14-29/h1-11,16,21,27H,12-15,17-18,29H2. The van der Waals surface area contributed by atoms with Crippen LogP contribution in [0, 0.1) is 0 Å². The third kappa shape index (κ3) is 5.50. The van der Waals surface area contributed by atoms with E-state index in [1.54, 1.807) is 0 Å². The first-order chi connectivity index (χ1) is 15.6. The van der Waals surface area contributed by atoms with E-state index in [0.29, 0.717) is 32.4 Å². The minimum atomic E-state index is -0.528. The number of para-hydroxylation sites is 1.